The molecule has 5 nitrogen and oxygen atoms in total. The van der Waals surface area contributed by atoms with Gasteiger partial charge in [-0.15, -0.1) is 0 Å². The third kappa shape index (κ3) is 2.86. The van der Waals surface area contributed by atoms with E-state index >= 15 is 0 Å². The maximum absolute atomic E-state index is 11.6. The molecule has 0 unspecified atom stereocenters. The van der Waals surface area contributed by atoms with E-state index < -0.39 is 0 Å². The van der Waals surface area contributed by atoms with E-state index in [1.54, 1.807) is 0 Å². The van der Waals surface area contributed by atoms with Crippen LogP contribution >= 0.6 is 0 Å². The fourth-order valence-corrected chi connectivity index (χ4v) is 3.39. The molecule has 2 heterocycles. The van der Waals surface area contributed by atoms with Crippen molar-refractivity contribution in [3.8, 4) is 0 Å². The van der Waals surface area contributed by atoms with E-state index in [2.05, 4.69) is 11.8 Å². The summed E-state index contributed by atoms with van der Waals surface area (Å²) in [7, 11) is 0. The summed E-state index contributed by atoms with van der Waals surface area (Å²) >= 11 is 0. The smallest absolute Gasteiger partial charge is 0.338 e. The largest absolute Gasteiger partial charge is 0.457 e. The predicted octanol–water partition coefficient (Wildman–Crippen LogP) is 1.41. The van der Waals surface area contributed by atoms with Crippen molar-refractivity contribution in [2.45, 2.75) is 32.8 Å². The molecule has 0 saturated carbocycles. The van der Waals surface area contributed by atoms with Gasteiger partial charge in [-0.25, -0.2) is 4.79 Å². The number of nitrogens with zero attached hydrogens (tertiary/aromatic N) is 1. The molecule has 2 aliphatic heterocycles. The number of primary amides is 1. The monoisotopic (exact) mass is 302 g/mol. The van der Waals surface area contributed by atoms with E-state index in [0.717, 1.165) is 44.5 Å². The minimum absolute atomic E-state index is 0.0427. The second-order valence-corrected chi connectivity index (χ2v) is 6.22. The van der Waals surface area contributed by atoms with E-state index in [-0.39, 0.29) is 17.8 Å². The molecule has 0 aliphatic carbocycles. The average Bonchev–Trinajstić information content (AvgIpc) is 2.89. The summed E-state index contributed by atoms with van der Waals surface area (Å²) in [5.41, 5.74) is 9.56. The van der Waals surface area contributed by atoms with Crippen molar-refractivity contribution in [3.63, 3.8) is 0 Å². The van der Waals surface area contributed by atoms with Crippen molar-refractivity contribution in [1.82, 2.24) is 4.90 Å². The molecule has 22 heavy (non-hydrogen) atoms. The van der Waals surface area contributed by atoms with Crippen molar-refractivity contribution in [2.75, 3.05) is 19.6 Å². The zero-order valence-electron chi connectivity index (χ0n) is 12.9. The van der Waals surface area contributed by atoms with Crippen LogP contribution in [-0.2, 0) is 22.6 Å². The zero-order valence-corrected chi connectivity index (χ0v) is 12.9. The Kier molecular flexibility index (Phi) is 4.16. The summed E-state index contributed by atoms with van der Waals surface area (Å²) in [4.78, 5) is 25.1. The van der Waals surface area contributed by atoms with Crippen molar-refractivity contribution < 1.29 is 14.3 Å². The quantitative estimate of drug-likeness (QED) is 0.853. The number of nitrogens with two attached hydrogens (primary N) is 1. The number of likely N-dealkylation sites (tertiary alicyclic amines) is 1. The van der Waals surface area contributed by atoms with Crippen LogP contribution in [0.2, 0.25) is 0 Å². The summed E-state index contributed by atoms with van der Waals surface area (Å²) < 4.78 is 5.09. The van der Waals surface area contributed by atoms with Gasteiger partial charge in [-0.2, -0.15) is 0 Å². The number of ether oxygens (including phenoxy) is 1. The molecule has 1 fully saturated rings. The predicted molar refractivity (Wildman–Crippen MR) is 82.4 cm³/mol. The Morgan fingerprint density at radius 2 is 2.09 bits per heavy atom. The fraction of sp³-hybridized carbons (Fsp3) is 0.529. The summed E-state index contributed by atoms with van der Waals surface area (Å²) in [5, 5.41) is 0. The van der Waals surface area contributed by atoms with Gasteiger partial charge in [-0.3, -0.25) is 4.79 Å². The first kappa shape index (κ1) is 15.0. The molecule has 1 aromatic rings. The number of hydrogen-bond acceptors (Lipinski definition) is 4. The molecule has 0 atom stereocenters. The van der Waals surface area contributed by atoms with Gasteiger partial charge < -0.3 is 15.4 Å². The second-order valence-electron chi connectivity index (χ2n) is 6.22. The highest BCUT2D eigenvalue weighted by molar-refractivity contribution is 5.93. The summed E-state index contributed by atoms with van der Waals surface area (Å²) in [6.45, 7) is 5.30. The van der Waals surface area contributed by atoms with Gasteiger partial charge in [0, 0.05) is 18.0 Å². The maximum Gasteiger partial charge on any atom is 0.338 e. The van der Waals surface area contributed by atoms with E-state index in [1.165, 1.54) is 11.1 Å². The third-order valence-electron chi connectivity index (χ3n) is 4.97. The van der Waals surface area contributed by atoms with E-state index in [9.17, 15) is 9.59 Å². The van der Waals surface area contributed by atoms with Crippen molar-refractivity contribution in [2.24, 2.45) is 11.7 Å². The van der Waals surface area contributed by atoms with E-state index in [0.29, 0.717) is 12.2 Å². The number of carbonyl (C=O) groups excluding carboxylic acids is 2. The highest BCUT2D eigenvalue weighted by Gasteiger charge is 2.25. The Hall–Kier alpha value is -1.88. The van der Waals surface area contributed by atoms with Gasteiger partial charge in [0.25, 0.3) is 0 Å². The van der Waals surface area contributed by atoms with Gasteiger partial charge in [0.2, 0.25) is 5.91 Å². The Morgan fingerprint density at radius 1 is 1.36 bits per heavy atom. The van der Waals surface area contributed by atoms with Crippen molar-refractivity contribution in [1.29, 1.82) is 0 Å². The third-order valence-corrected chi connectivity index (χ3v) is 4.97. The van der Waals surface area contributed by atoms with Crippen LogP contribution in [0.3, 0.4) is 0 Å². The fourth-order valence-electron chi connectivity index (χ4n) is 3.39. The highest BCUT2D eigenvalue weighted by Crippen LogP contribution is 2.26. The number of rotatable bonds is 4. The lowest BCUT2D eigenvalue weighted by molar-refractivity contribution is -0.123. The first-order valence-electron chi connectivity index (χ1n) is 7.86. The van der Waals surface area contributed by atoms with Crippen molar-refractivity contribution >= 4 is 11.9 Å². The SMILES string of the molecule is Cc1c(CCN2CCC(C(N)=O)CC2)ccc2c1COC2=O. The minimum atomic E-state index is -0.210. The van der Waals surface area contributed by atoms with Crippen LogP contribution in [0.4, 0.5) is 0 Å². The van der Waals surface area contributed by atoms with Crippen LogP contribution in [0.1, 0.15) is 39.9 Å². The number of carbonyl (C=O) groups is 2. The average molecular weight is 302 g/mol. The van der Waals surface area contributed by atoms with Gasteiger partial charge in [0.05, 0.1) is 5.56 Å². The number of esters is 1. The molecular weight excluding hydrogens is 280 g/mol. The Bertz CT molecular complexity index is 604. The number of benzene rings is 1. The Balaban J connectivity index is 1.59. The zero-order chi connectivity index (χ0) is 15.7. The standard InChI is InChI=1S/C17H22N2O3/c1-11-12(2-3-14-15(11)10-22-17(14)21)4-7-19-8-5-13(6-9-19)16(18)20/h2-3,13H,4-10H2,1H3,(H2,18,20). The lowest BCUT2D eigenvalue weighted by atomic mass is 9.94. The Morgan fingerprint density at radius 3 is 2.77 bits per heavy atom. The van der Waals surface area contributed by atoms with Crippen LogP contribution in [0.25, 0.3) is 0 Å². The van der Waals surface area contributed by atoms with Crippen molar-refractivity contribution in [3.05, 3.63) is 34.4 Å². The highest BCUT2D eigenvalue weighted by atomic mass is 16.5. The molecule has 1 saturated heterocycles. The molecule has 2 aliphatic rings. The van der Waals surface area contributed by atoms with Crippen LogP contribution < -0.4 is 5.73 Å². The second kappa shape index (κ2) is 6.08. The van der Waals surface area contributed by atoms with Gasteiger partial charge in [0.1, 0.15) is 6.61 Å². The van der Waals surface area contributed by atoms with E-state index in [1.807, 2.05) is 12.1 Å². The summed E-state index contributed by atoms with van der Waals surface area (Å²) in [5.74, 6) is -0.335. The van der Waals surface area contributed by atoms with Gasteiger partial charge in [-0.1, -0.05) is 6.07 Å². The molecule has 5 heteroatoms. The van der Waals surface area contributed by atoms with E-state index in [4.69, 9.17) is 10.5 Å². The Labute approximate surface area is 130 Å². The number of piperidine rings is 1. The lowest BCUT2D eigenvalue weighted by Gasteiger charge is -2.30. The normalized spacial score (nSPS) is 19.0. The molecular formula is C17H22N2O3. The van der Waals surface area contributed by atoms with Gasteiger partial charge in [0.15, 0.2) is 0 Å². The molecule has 3 rings (SSSR count). The van der Waals surface area contributed by atoms with Crippen LogP contribution in [0, 0.1) is 12.8 Å². The maximum atomic E-state index is 11.6. The topological polar surface area (TPSA) is 72.6 Å². The van der Waals surface area contributed by atoms with Gasteiger partial charge in [-0.05, 0) is 56.5 Å². The van der Waals surface area contributed by atoms with Gasteiger partial charge >= 0.3 is 5.97 Å². The molecule has 0 spiro atoms. The lowest BCUT2D eigenvalue weighted by Crippen LogP contribution is -2.39. The molecule has 1 aromatic carbocycles. The molecule has 1 amide bonds. The minimum Gasteiger partial charge on any atom is -0.457 e. The number of hydrogen-bond donors (Lipinski definition) is 1. The van der Waals surface area contributed by atoms with Crippen LogP contribution in [0.5, 0.6) is 0 Å². The number of amides is 1. The molecule has 0 radical (unpaired) electrons. The molecule has 118 valence electrons. The van der Waals surface area contributed by atoms with Crippen LogP contribution in [-0.4, -0.2) is 36.4 Å². The molecule has 2 N–H and O–H groups in total. The first-order chi connectivity index (χ1) is 10.6. The molecule has 0 aromatic heterocycles. The summed E-state index contributed by atoms with van der Waals surface area (Å²) in [6.07, 6.45) is 2.68. The number of cyclic esters (lactones) is 1. The number of fused-ring (bicyclic) bond motifs is 1. The van der Waals surface area contributed by atoms with Crippen LogP contribution in [0.15, 0.2) is 12.1 Å². The molecule has 0 bridgehead atoms. The first-order valence-corrected chi connectivity index (χ1v) is 7.86. The summed E-state index contributed by atoms with van der Waals surface area (Å²) in [6, 6.07) is 3.92.